The quantitative estimate of drug-likeness (QED) is 0.133. The first kappa shape index (κ1) is 27.1. The van der Waals surface area contributed by atoms with Crippen LogP contribution in [0.2, 0.25) is 18.1 Å². The van der Waals surface area contributed by atoms with E-state index in [1.165, 1.54) is 0 Å². The summed E-state index contributed by atoms with van der Waals surface area (Å²) in [7, 11) is -2.00. The Bertz CT molecular complexity index is 809. The second kappa shape index (κ2) is 11.6. The molecule has 12 heteroatoms. The van der Waals surface area contributed by atoms with Gasteiger partial charge in [-0.3, -0.25) is 0 Å². The number of esters is 1. The van der Waals surface area contributed by atoms with Crippen LogP contribution in [0.4, 0.5) is 0 Å². The normalized spacial score (nSPS) is 12.6. The van der Waals surface area contributed by atoms with Crippen LogP contribution in [0, 0.1) is 27.2 Å². The summed E-state index contributed by atoms with van der Waals surface area (Å²) in [6, 6.07) is 5.16. The minimum absolute atomic E-state index is 0.0518. The molecule has 1 aromatic carbocycles. The lowest BCUT2D eigenvalue weighted by atomic mass is 10.1. The van der Waals surface area contributed by atoms with E-state index in [-0.39, 0.29) is 18.1 Å². The Morgan fingerprint density at radius 1 is 1.12 bits per heavy atom. The van der Waals surface area contributed by atoms with Crippen LogP contribution in [0.5, 0.6) is 5.75 Å². The van der Waals surface area contributed by atoms with Crippen LogP contribution < -0.4 is 4.43 Å². The molecule has 0 heterocycles. The van der Waals surface area contributed by atoms with Crippen molar-refractivity contribution in [1.29, 1.82) is 0 Å². The van der Waals surface area contributed by atoms with Gasteiger partial charge in [0, 0.05) is 0 Å². The minimum atomic E-state index is -2.00. The van der Waals surface area contributed by atoms with E-state index in [1.807, 2.05) is 6.92 Å². The van der Waals surface area contributed by atoms with Crippen LogP contribution in [0.15, 0.2) is 18.2 Å². The van der Waals surface area contributed by atoms with Crippen molar-refractivity contribution in [2.45, 2.75) is 71.2 Å². The Morgan fingerprint density at radius 2 is 1.78 bits per heavy atom. The van der Waals surface area contributed by atoms with Gasteiger partial charge in [-0.2, -0.15) is 0 Å². The first-order valence-corrected chi connectivity index (χ1v) is 13.2. The molecule has 32 heavy (non-hydrogen) atoms. The van der Waals surface area contributed by atoms with Gasteiger partial charge in [0.05, 0.1) is 12.2 Å². The van der Waals surface area contributed by atoms with E-state index in [9.17, 15) is 25.0 Å². The zero-order chi connectivity index (χ0) is 24.5. The summed E-state index contributed by atoms with van der Waals surface area (Å²) in [6.07, 6.45) is -0.120. The maximum atomic E-state index is 12.3. The topological polar surface area (TPSA) is 140 Å². The summed E-state index contributed by atoms with van der Waals surface area (Å²) >= 11 is 0. The molecule has 0 spiro atoms. The number of hydrogen-bond acceptors (Lipinski definition) is 9. The monoisotopic (exact) mass is 472 g/mol. The zero-order valence-corrected chi connectivity index (χ0v) is 20.4. The van der Waals surface area contributed by atoms with Gasteiger partial charge in [-0.1, -0.05) is 20.8 Å². The van der Waals surface area contributed by atoms with Crippen LogP contribution in [-0.4, -0.2) is 43.8 Å². The number of nitrogens with zero attached hydrogens (tertiary/aromatic N) is 2. The third-order valence-corrected chi connectivity index (χ3v) is 9.68. The molecule has 1 unspecified atom stereocenters. The molecule has 0 aliphatic heterocycles. The van der Waals surface area contributed by atoms with Crippen molar-refractivity contribution < 1.29 is 33.8 Å². The third kappa shape index (κ3) is 9.08. The highest BCUT2D eigenvalue weighted by Crippen LogP contribution is 2.38. The van der Waals surface area contributed by atoms with Gasteiger partial charge in [0.1, 0.15) is 18.5 Å². The molecule has 0 saturated carbocycles. The van der Waals surface area contributed by atoms with Gasteiger partial charge in [-0.25, -0.2) is 4.79 Å². The molecule has 1 aromatic rings. The highest BCUT2D eigenvalue weighted by Gasteiger charge is 2.39. The first-order valence-electron chi connectivity index (χ1n) is 10.3. The highest BCUT2D eigenvalue weighted by molar-refractivity contribution is 6.74. The van der Waals surface area contributed by atoms with Gasteiger partial charge >= 0.3 is 5.97 Å². The van der Waals surface area contributed by atoms with Crippen molar-refractivity contribution in [2.75, 3.05) is 13.2 Å². The fourth-order valence-corrected chi connectivity index (χ4v) is 3.56. The largest absolute Gasteiger partial charge is 0.543 e. The molecule has 1 rings (SSSR count). The van der Waals surface area contributed by atoms with E-state index >= 15 is 0 Å². The van der Waals surface area contributed by atoms with Crippen molar-refractivity contribution in [2.24, 2.45) is 0 Å². The third-order valence-electron chi connectivity index (χ3n) is 5.34. The Balaban J connectivity index is 2.53. The molecule has 0 N–H and O–H groups in total. The number of rotatable bonds is 13. The molecule has 180 valence electrons. The highest BCUT2D eigenvalue weighted by atomic mass is 28.4. The summed E-state index contributed by atoms with van der Waals surface area (Å²) in [4.78, 5) is 41.5. The molecule has 11 nitrogen and oxygen atoms in total. The summed E-state index contributed by atoms with van der Waals surface area (Å²) in [5.74, 6) is 0.267. The number of benzene rings is 1. The molecular weight excluding hydrogens is 440 g/mol. The van der Waals surface area contributed by atoms with Gasteiger partial charge in [0.15, 0.2) is 0 Å². The molecular formula is C20H32N2O9Si. The molecule has 1 atom stereocenters. The van der Waals surface area contributed by atoms with Gasteiger partial charge in [-0.15, -0.1) is 20.2 Å². The molecule has 0 radical (unpaired) electrons. The van der Waals surface area contributed by atoms with E-state index < -0.39 is 37.2 Å². The maximum absolute atomic E-state index is 12.3. The van der Waals surface area contributed by atoms with Crippen LogP contribution in [0.1, 0.15) is 56.0 Å². The number of ether oxygens (including phenoxy) is 1. The number of hydrogen-bond donors (Lipinski definition) is 0. The molecule has 0 aliphatic rings. The average molecular weight is 473 g/mol. The van der Waals surface area contributed by atoms with Crippen LogP contribution in [-0.2, 0) is 14.4 Å². The molecule has 0 aliphatic carbocycles. The zero-order valence-electron chi connectivity index (χ0n) is 19.4. The number of aryl methyl sites for hydroxylation is 1. The molecule has 0 fully saturated rings. The molecule has 0 bridgehead atoms. The molecule has 0 amide bonds. The van der Waals surface area contributed by atoms with Crippen molar-refractivity contribution in [3.63, 3.8) is 0 Å². The van der Waals surface area contributed by atoms with Crippen molar-refractivity contribution in [1.82, 2.24) is 0 Å². The number of carbonyl (C=O) groups is 1. The van der Waals surface area contributed by atoms with E-state index in [0.717, 1.165) is 11.3 Å². The van der Waals surface area contributed by atoms with E-state index in [2.05, 4.69) is 43.5 Å². The fraction of sp³-hybridized carbons (Fsp3) is 0.650. The Kier molecular flexibility index (Phi) is 9.88. The standard InChI is InChI=1S/C20H32N2O9Si/c1-15-13-16(10-11-18(15)31-32(5,6)20(2,3)4)19(23)28-12-8-7-9-17(30-22(26)27)14-29-21(24)25/h10-11,13,17H,7-9,12,14H2,1-6H3. The summed E-state index contributed by atoms with van der Waals surface area (Å²) in [6.45, 7) is 12.2. The van der Waals surface area contributed by atoms with Gasteiger partial charge in [-0.05, 0) is 68.1 Å². The lowest BCUT2D eigenvalue weighted by molar-refractivity contribution is -0.790. The summed E-state index contributed by atoms with van der Waals surface area (Å²) in [5.41, 5.74) is 1.24. The van der Waals surface area contributed by atoms with Gasteiger partial charge < -0.3 is 18.8 Å². The second-order valence-corrected chi connectivity index (χ2v) is 13.7. The van der Waals surface area contributed by atoms with Gasteiger partial charge in [0.25, 0.3) is 10.2 Å². The van der Waals surface area contributed by atoms with Gasteiger partial charge in [0.2, 0.25) is 8.32 Å². The van der Waals surface area contributed by atoms with Crippen molar-refractivity contribution in [3.8, 4) is 5.75 Å². The SMILES string of the molecule is Cc1cc(C(=O)OCCCCC(CO[N+](=O)[O-])O[N+](=O)[O-])ccc1O[Si](C)(C)C(C)(C)C. The number of unbranched alkanes of at least 4 members (excludes halogenated alkanes) is 1. The fourth-order valence-electron chi connectivity index (χ4n) is 2.47. The smallest absolute Gasteiger partial charge is 0.338 e. The Hall–Kier alpha value is -2.89. The minimum Gasteiger partial charge on any atom is -0.543 e. The van der Waals surface area contributed by atoms with Crippen molar-refractivity contribution >= 4 is 14.3 Å². The summed E-state index contributed by atoms with van der Waals surface area (Å²) in [5, 5.41) is 18.7. The van der Waals surface area contributed by atoms with Crippen LogP contribution in [0.3, 0.4) is 0 Å². The second-order valence-electron chi connectivity index (χ2n) is 8.94. The van der Waals surface area contributed by atoms with Crippen molar-refractivity contribution in [3.05, 3.63) is 49.6 Å². The lowest BCUT2D eigenvalue weighted by Crippen LogP contribution is -2.44. The molecule has 0 saturated heterocycles. The van der Waals surface area contributed by atoms with E-state index in [0.29, 0.717) is 18.4 Å². The lowest BCUT2D eigenvalue weighted by Gasteiger charge is -2.37. The Morgan fingerprint density at radius 3 is 2.31 bits per heavy atom. The predicted octanol–water partition coefficient (Wildman–Crippen LogP) is 4.49. The maximum Gasteiger partial charge on any atom is 0.338 e. The summed E-state index contributed by atoms with van der Waals surface area (Å²) < 4.78 is 11.6. The predicted molar refractivity (Wildman–Crippen MR) is 118 cm³/mol. The van der Waals surface area contributed by atoms with Crippen LogP contribution >= 0.6 is 0 Å². The van der Waals surface area contributed by atoms with E-state index in [1.54, 1.807) is 18.2 Å². The Labute approximate surface area is 188 Å². The first-order chi connectivity index (χ1) is 14.7. The molecule has 0 aromatic heterocycles. The average Bonchev–Trinajstić information content (AvgIpc) is 2.65. The van der Waals surface area contributed by atoms with E-state index in [4.69, 9.17) is 9.16 Å². The number of carbonyl (C=O) groups excluding carboxylic acids is 1. The van der Waals surface area contributed by atoms with Crippen LogP contribution in [0.25, 0.3) is 0 Å².